The first-order chi connectivity index (χ1) is 11.6. The van der Waals surface area contributed by atoms with Crippen molar-refractivity contribution < 1.29 is 19.3 Å². The molecule has 0 radical (unpaired) electrons. The molecule has 1 aromatic carbocycles. The molecule has 132 valence electrons. The van der Waals surface area contributed by atoms with Crippen LogP contribution >= 0.6 is 0 Å². The van der Waals surface area contributed by atoms with Gasteiger partial charge in [0.25, 0.3) is 0 Å². The first kappa shape index (κ1) is 18.5. The SMILES string of the molecule is COc1cc(C2(OC)C=CC=CC2CNCCO)c(OC)cc1C. The van der Waals surface area contributed by atoms with Crippen molar-refractivity contribution in [2.45, 2.75) is 12.5 Å². The normalized spacial score (nSPS) is 22.6. The van der Waals surface area contributed by atoms with Crippen LogP contribution in [-0.4, -0.2) is 46.1 Å². The van der Waals surface area contributed by atoms with Crippen molar-refractivity contribution >= 4 is 0 Å². The number of aliphatic hydroxyl groups excluding tert-OH is 1. The van der Waals surface area contributed by atoms with Crippen LogP contribution in [0.15, 0.2) is 36.4 Å². The Bertz CT molecular complexity index is 612. The van der Waals surface area contributed by atoms with Crippen LogP contribution in [0.4, 0.5) is 0 Å². The molecule has 0 bridgehead atoms. The molecule has 5 heteroatoms. The van der Waals surface area contributed by atoms with Crippen molar-refractivity contribution in [1.29, 1.82) is 0 Å². The van der Waals surface area contributed by atoms with Gasteiger partial charge < -0.3 is 24.6 Å². The van der Waals surface area contributed by atoms with Crippen LogP contribution in [0.3, 0.4) is 0 Å². The van der Waals surface area contributed by atoms with E-state index in [4.69, 9.17) is 19.3 Å². The zero-order valence-corrected chi connectivity index (χ0v) is 14.8. The summed E-state index contributed by atoms with van der Waals surface area (Å²) in [5, 5.41) is 12.3. The van der Waals surface area contributed by atoms with Crippen molar-refractivity contribution in [3.8, 4) is 11.5 Å². The monoisotopic (exact) mass is 333 g/mol. The Morgan fingerprint density at radius 3 is 2.50 bits per heavy atom. The molecule has 2 unspecified atom stereocenters. The average molecular weight is 333 g/mol. The van der Waals surface area contributed by atoms with Gasteiger partial charge in [-0.15, -0.1) is 0 Å². The zero-order valence-electron chi connectivity index (χ0n) is 14.8. The second-order valence-corrected chi connectivity index (χ2v) is 5.80. The fourth-order valence-corrected chi connectivity index (χ4v) is 3.19. The van der Waals surface area contributed by atoms with Crippen LogP contribution in [-0.2, 0) is 10.3 Å². The first-order valence-corrected chi connectivity index (χ1v) is 8.08. The van der Waals surface area contributed by atoms with Crippen LogP contribution in [0.5, 0.6) is 11.5 Å². The fraction of sp³-hybridized carbons (Fsp3) is 0.474. The summed E-state index contributed by atoms with van der Waals surface area (Å²) in [6.07, 6.45) is 8.16. The fourth-order valence-electron chi connectivity index (χ4n) is 3.19. The van der Waals surface area contributed by atoms with Crippen LogP contribution < -0.4 is 14.8 Å². The Morgan fingerprint density at radius 1 is 1.12 bits per heavy atom. The summed E-state index contributed by atoms with van der Waals surface area (Å²) in [6, 6.07) is 3.96. The maximum Gasteiger partial charge on any atom is 0.125 e. The third-order valence-corrected chi connectivity index (χ3v) is 4.48. The molecule has 2 N–H and O–H groups in total. The standard InChI is InChI=1S/C19H27NO4/c1-14-11-18(23-3)16(12-17(14)22-2)19(24-4)8-6-5-7-15(19)13-20-9-10-21/h5-8,11-12,15,20-21H,9-10,13H2,1-4H3. The maximum atomic E-state index is 9.02. The molecule has 1 aliphatic rings. The van der Waals surface area contributed by atoms with Gasteiger partial charge in [-0.1, -0.05) is 18.2 Å². The van der Waals surface area contributed by atoms with Crippen molar-refractivity contribution in [1.82, 2.24) is 5.32 Å². The molecule has 0 spiro atoms. The van der Waals surface area contributed by atoms with Gasteiger partial charge in [-0.05, 0) is 30.7 Å². The van der Waals surface area contributed by atoms with Gasteiger partial charge in [0.05, 0.1) is 20.8 Å². The molecule has 0 saturated heterocycles. The van der Waals surface area contributed by atoms with Crippen LogP contribution in [0.25, 0.3) is 0 Å². The van der Waals surface area contributed by atoms with Gasteiger partial charge in [0.15, 0.2) is 0 Å². The molecule has 24 heavy (non-hydrogen) atoms. The number of aryl methyl sites for hydroxylation is 1. The predicted octanol–water partition coefficient (Wildman–Crippen LogP) is 2.18. The van der Waals surface area contributed by atoms with E-state index in [-0.39, 0.29) is 12.5 Å². The highest BCUT2D eigenvalue weighted by Crippen LogP contribution is 2.44. The highest BCUT2D eigenvalue weighted by Gasteiger charge is 2.40. The molecule has 1 aliphatic carbocycles. The van der Waals surface area contributed by atoms with E-state index in [0.717, 1.165) is 22.6 Å². The van der Waals surface area contributed by atoms with Gasteiger partial charge in [0.1, 0.15) is 17.1 Å². The first-order valence-electron chi connectivity index (χ1n) is 8.08. The number of benzene rings is 1. The van der Waals surface area contributed by atoms with Gasteiger partial charge in [0.2, 0.25) is 0 Å². The number of hydrogen-bond acceptors (Lipinski definition) is 5. The van der Waals surface area contributed by atoms with E-state index in [1.807, 2.05) is 37.3 Å². The lowest BCUT2D eigenvalue weighted by molar-refractivity contribution is -0.00967. The van der Waals surface area contributed by atoms with Crippen molar-refractivity contribution in [2.75, 3.05) is 41.0 Å². The van der Waals surface area contributed by atoms with Crippen molar-refractivity contribution in [3.63, 3.8) is 0 Å². The smallest absolute Gasteiger partial charge is 0.125 e. The Labute approximate surface area is 143 Å². The molecule has 0 aliphatic heterocycles. The van der Waals surface area contributed by atoms with Gasteiger partial charge in [-0.25, -0.2) is 0 Å². The van der Waals surface area contributed by atoms with E-state index in [9.17, 15) is 0 Å². The number of rotatable bonds is 8. The summed E-state index contributed by atoms with van der Waals surface area (Å²) < 4.78 is 17.1. The van der Waals surface area contributed by atoms with E-state index in [1.54, 1.807) is 21.3 Å². The molecule has 2 atom stereocenters. The summed E-state index contributed by atoms with van der Waals surface area (Å²) in [5.74, 6) is 1.62. The summed E-state index contributed by atoms with van der Waals surface area (Å²) in [4.78, 5) is 0. The Hall–Kier alpha value is -1.82. The third-order valence-electron chi connectivity index (χ3n) is 4.48. The van der Waals surface area contributed by atoms with Crippen LogP contribution in [0, 0.1) is 12.8 Å². The van der Waals surface area contributed by atoms with Crippen molar-refractivity contribution in [2.24, 2.45) is 5.92 Å². The molecular weight excluding hydrogens is 306 g/mol. The van der Waals surface area contributed by atoms with E-state index in [2.05, 4.69) is 11.4 Å². The minimum absolute atomic E-state index is 0.0559. The number of ether oxygens (including phenoxy) is 3. The summed E-state index contributed by atoms with van der Waals surface area (Å²) in [7, 11) is 5.03. The number of allylic oxidation sites excluding steroid dienone is 2. The largest absolute Gasteiger partial charge is 0.496 e. The van der Waals surface area contributed by atoms with Crippen LogP contribution in [0.2, 0.25) is 0 Å². The van der Waals surface area contributed by atoms with Gasteiger partial charge in [-0.3, -0.25) is 0 Å². The number of aliphatic hydroxyl groups is 1. The molecule has 0 heterocycles. The highest BCUT2D eigenvalue weighted by atomic mass is 16.5. The second kappa shape index (κ2) is 8.33. The lowest BCUT2D eigenvalue weighted by Crippen LogP contribution is -2.42. The minimum atomic E-state index is -0.663. The molecule has 0 amide bonds. The van der Waals surface area contributed by atoms with Gasteiger partial charge in [-0.2, -0.15) is 0 Å². The van der Waals surface area contributed by atoms with Crippen molar-refractivity contribution in [3.05, 3.63) is 47.6 Å². The average Bonchev–Trinajstić information content (AvgIpc) is 2.62. The molecular formula is C19H27NO4. The van der Waals surface area contributed by atoms with E-state index >= 15 is 0 Å². The van der Waals surface area contributed by atoms with Gasteiger partial charge >= 0.3 is 0 Å². The predicted molar refractivity (Wildman–Crippen MR) is 94.7 cm³/mol. The Kier molecular flexibility index (Phi) is 6.43. The Morgan fingerprint density at radius 2 is 1.88 bits per heavy atom. The molecule has 0 aromatic heterocycles. The topological polar surface area (TPSA) is 60.0 Å². The third kappa shape index (κ3) is 3.48. The second-order valence-electron chi connectivity index (χ2n) is 5.80. The quantitative estimate of drug-likeness (QED) is 0.714. The molecule has 1 aromatic rings. The Balaban J connectivity index is 2.50. The number of nitrogens with one attached hydrogen (secondary N) is 1. The maximum absolute atomic E-state index is 9.02. The van der Waals surface area contributed by atoms with Gasteiger partial charge in [0, 0.05) is 31.7 Å². The number of methoxy groups -OCH3 is 3. The van der Waals surface area contributed by atoms with E-state index in [0.29, 0.717) is 13.1 Å². The lowest BCUT2D eigenvalue weighted by atomic mass is 9.77. The molecule has 2 rings (SSSR count). The highest BCUT2D eigenvalue weighted by molar-refractivity contribution is 5.51. The summed E-state index contributed by atoms with van der Waals surface area (Å²) >= 11 is 0. The zero-order chi connectivity index (χ0) is 17.6. The summed E-state index contributed by atoms with van der Waals surface area (Å²) in [5.41, 5.74) is 1.27. The molecule has 0 saturated carbocycles. The van der Waals surface area contributed by atoms with Crippen LogP contribution in [0.1, 0.15) is 11.1 Å². The minimum Gasteiger partial charge on any atom is -0.496 e. The van der Waals surface area contributed by atoms with E-state index < -0.39 is 5.60 Å². The summed E-state index contributed by atoms with van der Waals surface area (Å²) in [6.45, 7) is 3.31. The lowest BCUT2D eigenvalue weighted by Gasteiger charge is -2.39. The van der Waals surface area contributed by atoms with E-state index in [1.165, 1.54) is 0 Å². The molecule has 5 nitrogen and oxygen atoms in total. The number of hydrogen-bond donors (Lipinski definition) is 2. The molecule has 0 fully saturated rings.